The van der Waals surface area contributed by atoms with Crippen LogP contribution in [0.15, 0.2) is 24.3 Å². The Balaban J connectivity index is 1.95. The molecule has 1 heterocycles. The van der Waals surface area contributed by atoms with Gasteiger partial charge >= 0.3 is 0 Å². The molecule has 1 aliphatic rings. The van der Waals surface area contributed by atoms with Crippen LogP contribution < -0.4 is 10.6 Å². The molecule has 0 saturated carbocycles. The van der Waals surface area contributed by atoms with Crippen LogP contribution in [0.25, 0.3) is 0 Å². The van der Waals surface area contributed by atoms with Gasteiger partial charge in [-0.2, -0.15) is 0 Å². The number of carbonyl (C=O) groups is 1. The van der Waals surface area contributed by atoms with Gasteiger partial charge in [0.15, 0.2) is 0 Å². The van der Waals surface area contributed by atoms with Gasteiger partial charge in [0.1, 0.15) is 0 Å². The van der Waals surface area contributed by atoms with E-state index in [4.69, 9.17) is 4.74 Å². The van der Waals surface area contributed by atoms with Gasteiger partial charge in [0.25, 0.3) is 0 Å². The lowest BCUT2D eigenvalue weighted by Gasteiger charge is -2.22. The second-order valence-corrected chi connectivity index (χ2v) is 4.63. The van der Waals surface area contributed by atoms with Crippen molar-refractivity contribution in [3.63, 3.8) is 0 Å². The molecule has 2 rings (SSSR count). The van der Waals surface area contributed by atoms with E-state index in [1.807, 2.05) is 24.3 Å². The summed E-state index contributed by atoms with van der Waals surface area (Å²) in [5, 5.41) is 6.20. The average Bonchev–Trinajstić information content (AvgIpc) is 2.40. The summed E-state index contributed by atoms with van der Waals surface area (Å²) in [5.41, 5.74) is 1.90. The van der Waals surface area contributed by atoms with Gasteiger partial charge in [0.05, 0.1) is 12.6 Å². The van der Waals surface area contributed by atoms with Crippen molar-refractivity contribution in [3.8, 4) is 0 Å². The second-order valence-electron chi connectivity index (χ2n) is 4.63. The Morgan fingerprint density at radius 2 is 2.39 bits per heavy atom. The molecule has 0 unspecified atom stereocenters. The van der Waals surface area contributed by atoms with Crippen molar-refractivity contribution < 1.29 is 9.53 Å². The third-order valence-corrected chi connectivity index (χ3v) is 3.13. The Bertz CT molecular complexity index is 401. The van der Waals surface area contributed by atoms with E-state index in [0.29, 0.717) is 6.61 Å². The number of methoxy groups -OCH3 is 1. The van der Waals surface area contributed by atoms with Crippen LogP contribution in [0.3, 0.4) is 0 Å². The van der Waals surface area contributed by atoms with Crippen molar-refractivity contribution in [1.82, 2.24) is 5.32 Å². The van der Waals surface area contributed by atoms with Gasteiger partial charge in [-0.25, -0.2) is 0 Å². The molecule has 1 saturated heterocycles. The molecule has 1 atom stereocenters. The first-order valence-corrected chi connectivity index (χ1v) is 6.42. The average molecular weight is 248 g/mol. The first kappa shape index (κ1) is 13.1. The lowest BCUT2D eigenvalue weighted by Crippen LogP contribution is -2.43. The van der Waals surface area contributed by atoms with Gasteiger partial charge in [0.2, 0.25) is 5.91 Å². The third kappa shape index (κ3) is 3.55. The number of nitrogens with one attached hydrogen (secondary N) is 2. The first-order chi connectivity index (χ1) is 8.79. The lowest BCUT2D eigenvalue weighted by molar-refractivity contribution is -0.118. The smallest absolute Gasteiger partial charge is 0.241 e. The fourth-order valence-corrected chi connectivity index (χ4v) is 2.21. The Morgan fingerprint density at radius 1 is 1.50 bits per heavy atom. The number of benzene rings is 1. The second kappa shape index (κ2) is 6.52. The first-order valence-electron chi connectivity index (χ1n) is 6.42. The molecule has 0 aromatic heterocycles. The van der Waals surface area contributed by atoms with Crippen LogP contribution in [0.5, 0.6) is 0 Å². The molecule has 2 N–H and O–H groups in total. The molecule has 0 aliphatic carbocycles. The van der Waals surface area contributed by atoms with Crippen LogP contribution in [0.2, 0.25) is 0 Å². The number of rotatable bonds is 4. The van der Waals surface area contributed by atoms with E-state index in [9.17, 15) is 4.79 Å². The SMILES string of the molecule is COCc1cccc(NC(=O)[C@@H]2CCCCN2)c1. The van der Waals surface area contributed by atoms with Gasteiger partial charge in [0, 0.05) is 12.8 Å². The van der Waals surface area contributed by atoms with Crippen LogP contribution in [0, 0.1) is 0 Å². The predicted molar refractivity (Wildman–Crippen MR) is 71.4 cm³/mol. The van der Waals surface area contributed by atoms with Crippen LogP contribution >= 0.6 is 0 Å². The Hall–Kier alpha value is -1.39. The fourth-order valence-electron chi connectivity index (χ4n) is 2.21. The molecule has 1 aliphatic heterocycles. The summed E-state index contributed by atoms with van der Waals surface area (Å²) in [7, 11) is 1.66. The molecule has 1 fully saturated rings. The predicted octanol–water partition coefficient (Wildman–Crippen LogP) is 1.91. The highest BCUT2D eigenvalue weighted by Crippen LogP contribution is 2.14. The molecule has 4 heteroatoms. The summed E-state index contributed by atoms with van der Waals surface area (Å²) >= 11 is 0. The number of carbonyl (C=O) groups excluding carboxylic acids is 1. The summed E-state index contributed by atoms with van der Waals surface area (Å²) < 4.78 is 5.08. The molecule has 1 aromatic rings. The van der Waals surface area contributed by atoms with Crippen LogP contribution in [-0.2, 0) is 16.1 Å². The summed E-state index contributed by atoms with van der Waals surface area (Å²) in [6, 6.07) is 7.71. The fraction of sp³-hybridized carbons (Fsp3) is 0.500. The molecule has 0 radical (unpaired) electrons. The lowest BCUT2D eigenvalue weighted by atomic mass is 10.0. The van der Waals surface area contributed by atoms with Crippen molar-refractivity contribution >= 4 is 11.6 Å². The van der Waals surface area contributed by atoms with E-state index in [2.05, 4.69) is 10.6 Å². The molecule has 0 bridgehead atoms. The molecule has 18 heavy (non-hydrogen) atoms. The monoisotopic (exact) mass is 248 g/mol. The van der Waals surface area contributed by atoms with Crippen molar-refractivity contribution in [3.05, 3.63) is 29.8 Å². The number of amides is 1. The van der Waals surface area contributed by atoms with Gasteiger partial charge in [-0.15, -0.1) is 0 Å². The normalized spacial score (nSPS) is 19.5. The zero-order valence-electron chi connectivity index (χ0n) is 10.7. The quantitative estimate of drug-likeness (QED) is 0.856. The molecule has 98 valence electrons. The van der Waals surface area contributed by atoms with E-state index < -0.39 is 0 Å². The maximum Gasteiger partial charge on any atom is 0.241 e. The maximum absolute atomic E-state index is 12.0. The van der Waals surface area contributed by atoms with Crippen molar-refractivity contribution in [2.75, 3.05) is 19.0 Å². The summed E-state index contributed by atoms with van der Waals surface area (Å²) in [6.45, 7) is 1.49. The largest absolute Gasteiger partial charge is 0.380 e. The Morgan fingerprint density at radius 3 is 3.11 bits per heavy atom. The molecule has 0 spiro atoms. The summed E-state index contributed by atoms with van der Waals surface area (Å²) in [5.74, 6) is 0.0595. The van der Waals surface area contributed by atoms with E-state index in [1.165, 1.54) is 0 Å². The molecule has 1 aromatic carbocycles. The number of ether oxygens (including phenoxy) is 1. The molecular weight excluding hydrogens is 228 g/mol. The zero-order valence-corrected chi connectivity index (χ0v) is 10.7. The summed E-state index contributed by atoms with van der Waals surface area (Å²) in [4.78, 5) is 12.0. The van der Waals surface area contributed by atoms with Crippen molar-refractivity contribution in [2.45, 2.75) is 31.9 Å². The minimum Gasteiger partial charge on any atom is -0.380 e. The number of piperidine rings is 1. The highest BCUT2D eigenvalue weighted by atomic mass is 16.5. The maximum atomic E-state index is 12.0. The Labute approximate surface area is 108 Å². The number of hydrogen-bond acceptors (Lipinski definition) is 3. The van der Waals surface area contributed by atoms with E-state index >= 15 is 0 Å². The van der Waals surface area contributed by atoms with E-state index in [0.717, 1.165) is 37.1 Å². The molecule has 4 nitrogen and oxygen atoms in total. The van der Waals surface area contributed by atoms with Crippen LogP contribution in [0.4, 0.5) is 5.69 Å². The minimum absolute atomic E-state index is 0.0511. The number of hydrogen-bond donors (Lipinski definition) is 2. The number of anilines is 1. The highest BCUT2D eigenvalue weighted by molar-refractivity contribution is 5.94. The molecular formula is C14H20N2O2. The van der Waals surface area contributed by atoms with Gasteiger partial charge in [-0.1, -0.05) is 18.6 Å². The summed E-state index contributed by atoms with van der Waals surface area (Å²) in [6.07, 6.45) is 3.20. The minimum atomic E-state index is -0.0511. The van der Waals surface area contributed by atoms with E-state index in [1.54, 1.807) is 7.11 Å². The van der Waals surface area contributed by atoms with Gasteiger partial charge < -0.3 is 15.4 Å². The van der Waals surface area contributed by atoms with E-state index in [-0.39, 0.29) is 11.9 Å². The zero-order chi connectivity index (χ0) is 12.8. The Kier molecular flexibility index (Phi) is 4.73. The van der Waals surface area contributed by atoms with Crippen molar-refractivity contribution in [2.24, 2.45) is 0 Å². The standard InChI is InChI=1S/C14H20N2O2/c1-18-10-11-5-4-6-12(9-11)16-14(17)13-7-2-3-8-15-13/h4-6,9,13,15H,2-3,7-8,10H2,1H3,(H,16,17)/t13-/m0/s1. The topological polar surface area (TPSA) is 50.4 Å². The van der Waals surface area contributed by atoms with Gasteiger partial charge in [-0.05, 0) is 37.1 Å². The highest BCUT2D eigenvalue weighted by Gasteiger charge is 2.20. The molecule has 1 amide bonds. The van der Waals surface area contributed by atoms with Crippen molar-refractivity contribution in [1.29, 1.82) is 0 Å². The third-order valence-electron chi connectivity index (χ3n) is 3.13. The van der Waals surface area contributed by atoms with Crippen LogP contribution in [-0.4, -0.2) is 25.6 Å². The van der Waals surface area contributed by atoms with Crippen LogP contribution in [0.1, 0.15) is 24.8 Å². The van der Waals surface area contributed by atoms with Gasteiger partial charge in [-0.3, -0.25) is 4.79 Å².